The van der Waals surface area contributed by atoms with E-state index in [0.717, 1.165) is 38.8 Å². The number of fused-ring (bicyclic) bond motifs is 3. The monoisotopic (exact) mass is 259 g/mol. The van der Waals surface area contributed by atoms with E-state index in [0.29, 0.717) is 0 Å². The van der Waals surface area contributed by atoms with Gasteiger partial charge in [-0.1, -0.05) is 54.6 Å². The number of para-hydroxylation sites is 1. The van der Waals surface area contributed by atoms with Gasteiger partial charge >= 0.3 is 0 Å². The molecule has 0 aliphatic heterocycles. The average molecular weight is 259 g/mol. The number of furan rings is 1. The van der Waals surface area contributed by atoms with Crippen molar-refractivity contribution in [3.05, 3.63) is 66.7 Å². The largest absolute Gasteiger partial charge is 0.455 e. The summed E-state index contributed by atoms with van der Waals surface area (Å²) in [4.78, 5) is 0. The van der Waals surface area contributed by atoms with Crippen LogP contribution in [0.15, 0.2) is 71.1 Å². The lowest BCUT2D eigenvalue weighted by atomic mass is 10.0. The van der Waals surface area contributed by atoms with Crippen LogP contribution in [0.2, 0.25) is 0 Å². The third-order valence-corrected chi connectivity index (χ3v) is 3.64. The molecule has 0 bridgehead atoms. The minimum absolute atomic E-state index is 0.756. The first-order chi connectivity index (χ1) is 9.84. The maximum Gasteiger partial charge on any atom is 0.143 e. The van der Waals surface area contributed by atoms with Crippen molar-refractivity contribution in [3.8, 4) is 11.1 Å². The van der Waals surface area contributed by atoms with Gasteiger partial charge in [0.15, 0.2) is 0 Å². The second-order valence-electron chi connectivity index (χ2n) is 4.87. The highest BCUT2D eigenvalue weighted by Gasteiger charge is 2.13. The quantitative estimate of drug-likeness (QED) is 0.497. The van der Waals surface area contributed by atoms with E-state index in [1.54, 1.807) is 0 Å². The molecule has 2 nitrogen and oxygen atoms in total. The molecule has 0 saturated carbocycles. The van der Waals surface area contributed by atoms with Gasteiger partial charge in [-0.3, -0.25) is 0 Å². The smallest absolute Gasteiger partial charge is 0.143 e. The number of hydrogen-bond donors (Lipinski definition) is 1. The van der Waals surface area contributed by atoms with Crippen LogP contribution >= 0.6 is 0 Å². The molecule has 2 N–H and O–H groups in total. The number of hydrogen-bond acceptors (Lipinski definition) is 2. The van der Waals surface area contributed by atoms with Gasteiger partial charge in [-0.15, -0.1) is 0 Å². The molecule has 4 rings (SSSR count). The van der Waals surface area contributed by atoms with Crippen molar-refractivity contribution in [1.82, 2.24) is 0 Å². The van der Waals surface area contributed by atoms with Crippen LogP contribution in [-0.4, -0.2) is 0 Å². The van der Waals surface area contributed by atoms with Gasteiger partial charge in [-0.05, 0) is 17.7 Å². The Morgan fingerprint density at radius 3 is 2.40 bits per heavy atom. The second kappa shape index (κ2) is 4.14. The normalized spacial score (nSPS) is 11.2. The summed E-state index contributed by atoms with van der Waals surface area (Å²) < 4.78 is 6.04. The van der Waals surface area contributed by atoms with Gasteiger partial charge in [-0.2, -0.15) is 0 Å². The van der Waals surface area contributed by atoms with E-state index in [9.17, 15) is 0 Å². The van der Waals surface area contributed by atoms with Crippen LogP contribution in [0.1, 0.15) is 0 Å². The van der Waals surface area contributed by atoms with Gasteiger partial charge in [0.05, 0.1) is 5.39 Å². The highest BCUT2D eigenvalue weighted by molar-refractivity contribution is 6.14. The van der Waals surface area contributed by atoms with Crippen LogP contribution in [0.3, 0.4) is 0 Å². The molecule has 0 fully saturated rings. The predicted octanol–water partition coefficient (Wildman–Crippen LogP) is 4.84. The minimum Gasteiger partial charge on any atom is -0.455 e. The van der Waals surface area contributed by atoms with E-state index in [1.807, 2.05) is 42.5 Å². The van der Waals surface area contributed by atoms with Crippen LogP contribution < -0.4 is 5.73 Å². The van der Waals surface area contributed by atoms with Gasteiger partial charge in [0.25, 0.3) is 0 Å². The Morgan fingerprint density at radius 2 is 1.55 bits per heavy atom. The first-order valence-electron chi connectivity index (χ1n) is 6.60. The lowest BCUT2D eigenvalue weighted by Gasteiger charge is -2.01. The SMILES string of the molecule is Nc1cccc2oc3c(-c4ccccc4)cccc3c12. The Balaban J connectivity index is 2.14. The summed E-state index contributed by atoms with van der Waals surface area (Å²) in [6, 6.07) is 22.2. The third-order valence-electron chi connectivity index (χ3n) is 3.64. The average Bonchev–Trinajstić information content (AvgIpc) is 2.88. The highest BCUT2D eigenvalue weighted by atomic mass is 16.3. The van der Waals surface area contributed by atoms with Crippen LogP contribution in [0.5, 0.6) is 0 Å². The standard InChI is InChI=1S/C18H13NO/c19-15-10-5-11-16-17(15)14-9-4-8-13(18(14)20-16)12-6-2-1-3-7-12/h1-11H,19H2. The fourth-order valence-electron chi connectivity index (χ4n) is 2.72. The van der Waals surface area contributed by atoms with Gasteiger partial charge in [-0.25, -0.2) is 0 Å². The van der Waals surface area contributed by atoms with Crippen LogP contribution in [0.25, 0.3) is 33.1 Å². The molecule has 1 heterocycles. The number of rotatable bonds is 1. The number of anilines is 1. The third kappa shape index (κ3) is 1.51. The van der Waals surface area contributed by atoms with Crippen LogP contribution in [0.4, 0.5) is 5.69 Å². The molecule has 4 aromatic rings. The molecule has 0 radical (unpaired) electrons. The molecule has 20 heavy (non-hydrogen) atoms. The predicted molar refractivity (Wildman–Crippen MR) is 83.6 cm³/mol. The Kier molecular flexibility index (Phi) is 2.30. The molecule has 3 aromatic carbocycles. The van der Waals surface area contributed by atoms with Gasteiger partial charge in [0.2, 0.25) is 0 Å². The Labute approximate surface area is 116 Å². The molecule has 2 heteroatoms. The zero-order valence-corrected chi connectivity index (χ0v) is 10.8. The zero-order chi connectivity index (χ0) is 13.5. The first kappa shape index (κ1) is 11.1. The fourth-order valence-corrected chi connectivity index (χ4v) is 2.72. The number of benzene rings is 3. The summed E-state index contributed by atoms with van der Waals surface area (Å²) in [6.45, 7) is 0. The molecule has 0 spiro atoms. The van der Waals surface area contributed by atoms with E-state index < -0.39 is 0 Å². The molecule has 0 unspecified atom stereocenters. The van der Waals surface area contributed by atoms with Crippen molar-refractivity contribution in [3.63, 3.8) is 0 Å². The summed E-state index contributed by atoms with van der Waals surface area (Å²) >= 11 is 0. The molecule has 96 valence electrons. The topological polar surface area (TPSA) is 39.2 Å². The fraction of sp³-hybridized carbons (Fsp3) is 0. The van der Waals surface area contributed by atoms with Crippen molar-refractivity contribution in [2.75, 3.05) is 5.73 Å². The second-order valence-corrected chi connectivity index (χ2v) is 4.87. The van der Waals surface area contributed by atoms with Crippen molar-refractivity contribution in [2.24, 2.45) is 0 Å². The van der Waals surface area contributed by atoms with Crippen LogP contribution in [-0.2, 0) is 0 Å². The van der Waals surface area contributed by atoms with Crippen molar-refractivity contribution < 1.29 is 4.42 Å². The molecular formula is C18H13NO. The summed E-state index contributed by atoms with van der Waals surface area (Å²) in [5.41, 5.74) is 10.8. The van der Waals surface area contributed by atoms with Gasteiger partial charge < -0.3 is 10.2 Å². The molecule has 0 saturated heterocycles. The summed E-state index contributed by atoms with van der Waals surface area (Å²) in [5.74, 6) is 0. The van der Waals surface area contributed by atoms with E-state index >= 15 is 0 Å². The highest BCUT2D eigenvalue weighted by Crippen LogP contribution is 2.37. The molecule has 0 aliphatic carbocycles. The van der Waals surface area contributed by atoms with Gasteiger partial charge in [0.1, 0.15) is 11.2 Å². The van der Waals surface area contributed by atoms with E-state index in [-0.39, 0.29) is 0 Å². The molecular weight excluding hydrogens is 246 g/mol. The lowest BCUT2D eigenvalue weighted by Crippen LogP contribution is -1.84. The Hall–Kier alpha value is -2.74. The van der Waals surface area contributed by atoms with Crippen molar-refractivity contribution >= 4 is 27.6 Å². The first-order valence-corrected chi connectivity index (χ1v) is 6.60. The maximum absolute atomic E-state index is 6.10. The van der Waals surface area contributed by atoms with Crippen molar-refractivity contribution in [2.45, 2.75) is 0 Å². The minimum atomic E-state index is 0.756. The molecule has 0 amide bonds. The lowest BCUT2D eigenvalue weighted by molar-refractivity contribution is 0.670. The summed E-state index contributed by atoms with van der Waals surface area (Å²) in [6.07, 6.45) is 0. The summed E-state index contributed by atoms with van der Waals surface area (Å²) in [5, 5.41) is 2.07. The van der Waals surface area contributed by atoms with Gasteiger partial charge in [0, 0.05) is 16.6 Å². The zero-order valence-electron chi connectivity index (χ0n) is 10.8. The number of nitrogens with two attached hydrogens (primary N) is 1. The molecule has 0 atom stereocenters. The van der Waals surface area contributed by atoms with E-state index in [2.05, 4.69) is 24.3 Å². The van der Waals surface area contributed by atoms with Crippen LogP contribution in [0, 0.1) is 0 Å². The molecule has 0 aliphatic rings. The summed E-state index contributed by atoms with van der Waals surface area (Å²) in [7, 11) is 0. The van der Waals surface area contributed by atoms with Crippen molar-refractivity contribution in [1.29, 1.82) is 0 Å². The Bertz CT molecular complexity index is 907. The maximum atomic E-state index is 6.10. The Morgan fingerprint density at radius 1 is 0.750 bits per heavy atom. The van der Waals surface area contributed by atoms with E-state index in [4.69, 9.17) is 10.2 Å². The number of nitrogen functional groups attached to an aromatic ring is 1. The molecule has 1 aromatic heterocycles. The van der Waals surface area contributed by atoms with E-state index in [1.165, 1.54) is 0 Å².